The van der Waals surface area contributed by atoms with Crippen LogP contribution in [0.25, 0.3) is 0 Å². The summed E-state index contributed by atoms with van der Waals surface area (Å²) in [6, 6.07) is 11.0. The van der Waals surface area contributed by atoms with E-state index in [2.05, 4.69) is 29.2 Å². The summed E-state index contributed by atoms with van der Waals surface area (Å²) in [6.07, 6.45) is 3.48. The number of carbonyl (C=O) groups excluding carboxylic acids is 1. The van der Waals surface area contributed by atoms with Crippen LogP contribution in [0.2, 0.25) is 0 Å². The largest absolute Gasteiger partial charge is 0.339 e. The number of thioether (sulfide) groups is 1. The Morgan fingerprint density at radius 3 is 2.65 bits per heavy atom. The van der Waals surface area contributed by atoms with Gasteiger partial charge in [-0.25, -0.2) is 0 Å². The molecule has 1 aliphatic heterocycles. The maximum absolute atomic E-state index is 12.1. The van der Waals surface area contributed by atoms with Crippen molar-refractivity contribution < 1.29 is 4.79 Å². The van der Waals surface area contributed by atoms with Crippen LogP contribution in [0.3, 0.4) is 0 Å². The summed E-state index contributed by atoms with van der Waals surface area (Å²) >= 11 is 1.80. The van der Waals surface area contributed by atoms with Gasteiger partial charge in [0.1, 0.15) is 0 Å². The number of hydrogen-bond acceptors (Lipinski definition) is 2. The van der Waals surface area contributed by atoms with Crippen molar-refractivity contribution in [2.45, 2.75) is 36.3 Å². The van der Waals surface area contributed by atoms with Crippen LogP contribution in [0, 0.1) is 0 Å². The molecule has 0 bridgehead atoms. The van der Waals surface area contributed by atoms with Gasteiger partial charge in [0.25, 0.3) is 0 Å². The molecule has 2 aliphatic rings. The topological polar surface area (TPSA) is 20.3 Å². The predicted molar refractivity (Wildman–Crippen MR) is 70.9 cm³/mol. The number of rotatable bonds is 4. The Balaban J connectivity index is 1.54. The van der Waals surface area contributed by atoms with Crippen LogP contribution in [0.5, 0.6) is 0 Å². The summed E-state index contributed by atoms with van der Waals surface area (Å²) in [5.41, 5.74) is 1.31. The number of amides is 1. The summed E-state index contributed by atoms with van der Waals surface area (Å²) in [5.74, 6) is 1.34. The molecular formula is C14H17NOS. The molecule has 3 rings (SSSR count). The van der Waals surface area contributed by atoms with E-state index in [0.717, 1.165) is 18.7 Å². The fourth-order valence-corrected chi connectivity index (χ4v) is 3.49. The van der Waals surface area contributed by atoms with E-state index < -0.39 is 0 Å². The zero-order valence-corrected chi connectivity index (χ0v) is 10.7. The molecule has 17 heavy (non-hydrogen) atoms. The molecule has 1 saturated heterocycles. The molecule has 90 valence electrons. The van der Waals surface area contributed by atoms with Crippen LogP contribution in [-0.2, 0) is 10.5 Å². The van der Waals surface area contributed by atoms with E-state index in [1.165, 1.54) is 18.4 Å². The monoisotopic (exact) mass is 247 g/mol. The smallest absolute Gasteiger partial charge is 0.236 e. The molecule has 1 aromatic rings. The van der Waals surface area contributed by atoms with Crippen LogP contribution < -0.4 is 0 Å². The second kappa shape index (κ2) is 4.73. The van der Waals surface area contributed by atoms with E-state index in [1.807, 2.05) is 6.07 Å². The van der Waals surface area contributed by atoms with E-state index in [1.54, 1.807) is 11.8 Å². The molecule has 1 aliphatic carbocycles. The van der Waals surface area contributed by atoms with Crippen molar-refractivity contribution >= 4 is 17.7 Å². The molecule has 1 unspecified atom stereocenters. The van der Waals surface area contributed by atoms with Gasteiger partial charge in [-0.05, 0) is 24.8 Å². The number of carbonyl (C=O) groups is 1. The zero-order chi connectivity index (χ0) is 11.7. The van der Waals surface area contributed by atoms with Gasteiger partial charge in [0.05, 0.1) is 5.25 Å². The second-order valence-electron chi connectivity index (χ2n) is 4.84. The quantitative estimate of drug-likeness (QED) is 0.815. The maximum Gasteiger partial charge on any atom is 0.236 e. The van der Waals surface area contributed by atoms with E-state index in [-0.39, 0.29) is 5.25 Å². The lowest BCUT2D eigenvalue weighted by Crippen LogP contribution is -2.30. The number of nitrogens with zero attached hydrogens (tertiary/aromatic N) is 1. The number of hydrogen-bond donors (Lipinski definition) is 0. The van der Waals surface area contributed by atoms with Crippen molar-refractivity contribution in [3.8, 4) is 0 Å². The first kappa shape index (κ1) is 11.1. The first-order valence-electron chi connectivity index (χ1n) is 6.30. The van der Waals surface area contributed by atoms with Crippen molar-refractivity contribution in [1.29, 1.82) is 0 Å². The van der Waals surface area contributed by atoms with Crippen LogP contribution in [0.15, 0.2) is 30.3 Å². The van der Waals surface area contributed by atoms with E-state index in [9.17, 15) is 4.79 Å². The van der Waals surface area contributed by atoms with Gasteiger partial charge >= 0.3 is 0 Å². The van der Waals surface area contributed by atoms with Gasteiger partial charge < -0.3 is 4.90 Å². The van der Waals surface area contributed by atoms with Gasteiger partial charge in [-0.15, -0.1) is 11.8 Å². The number of likely N-dealkylation sites (tertiary alicyclic amines) is 1. The van der Waals surface area contributed by atoms with Crippen molar-refractivity contribution in [1.82, 2.24) is 4.90 Å². The van der Waals surface area contributed by atoms with Gasteiger partial charge in [0, 0.05) is 18.3 Å². The van der Waals surface area contributed by atoms with Gasteiger partial charge in [-0.3, -0.25) is 4.79 Å². The SMILES string of the molecule is O=C1C(SCc2ccccc2)CCN1C1CC1. The fourth-order valence-electron chi connectivity index (χ4n) is 2.35. The molecule has 0 aromatic heterocycles. The minimum Gasteiger partial charge on any atom is -0.339 e. The molecule has 1 atom stereocenters. The van der Waals surface area contributed by atoms with Crippen LogP contribution in [0.1, 0.15) is 24.8 Å². The van der Waals surface area contributed by atoms with E-state index >= 15 is 0 Å². The summed E-state index contributed by atoms with van der Waals surface area (Å²) in [7, 11) is 0. The third kappa shape index (κ3) is 2.49. The summed E-state index contributed by atoms with van der Waals surface area (Å²) in [5, 5.41) is 0.204. The lowest BCUT2D eigenvalue weighted by molar-refractivity contribution is -0.127. The van der Waals surface area contributed by atoms with Gasteiger partial charge in [0.15, 0.2) is 0 Å². The Hall–Kier alpha value is -0.960. The third-order valence-corrected chi connectivity index (χ3v) is 4.81. The highest BCUT2D eigenvalue weighted by molar-refractivity contribution is 7.99. The first-order valence-corrected chi connectivity index (χ1v) is 7.35. The lowest BCUT2D eigenvalue weighted by atomic mass is 10.2. The van der Waals surface area contributed by atoms with Gasteiger partial charge in [-0.2, -0.15) is 0 Å². The first-order chi connectivity index (χ1) is 8.34. The molecule has 1 aromatic carbocycles. The molecule has 1 saturated carbocycles. The van der Waals surface area contributed by atoms with Gasteiger partial charge in [-0.1, -0.05) is 30.3 Å². The van der Waals surface area contributed by atoms with Crippen molar-refractivity contribution in [2.75, 3.05) is 6.54 Å². The average Bonchev–Trinajstić information content (AvgIpc) is 3.13. The third-order valence-electron chi connectivity index (χ3n) is 3.47. The zero-order valence-electron chi connectivity index (χ0n) is 9.84. The highest BCUT2D eigenvalue weighted by Crippen LogP contribution is 2.35. The maximum atomic E-state index is 12.1. The predicted octanol–water partition coefficient (Wildman–Crippen LogP) is 2.68. The van der Waals surface area contributed by atoms with Crippen LogP contribution in [-0.4, -0.2) is 28.6 Å². The minimum atomic E-state index is 0.204. The molecule has 1 amide bonds. The van der Waals surface area contributed by atoms with Crippen molar-refractivity contribution in [3.63, 3.8) is 0 Å². The van der Waals surface area contributed by atoms with Crippen LogP contribution >= 0.6 is 11.8 Å². The Labute approximate surface area is 106 Å². The Kier molecular flexibility index (Phi) is 3.10. The molecule has 0 N–H and O–H groups in total. The molecule has 0 spiro atoms. The van der Waals surface area contributed by atoms with Crippen molar-refractivity contribution in [3.05, 3.63) is 35.9 Å². The molecule has 2 nitrogen and oxygen atoms in total. The molecule has 0 radical (unpaired) electrons. The molecule has 1 heterocycles. The minimum absolute atomic E-state index is 0.204. The molecule has 3 heteroatoms. The average molecular weight is 247 g/mol. The highest BCUT2D eigenvalue weighted by Gasteiger charge is 2.40. The van der Waals surface area contributed by atoms with Crippen LogP contribution in [0.4, 0.5) is 0 Å². The fraction of sp³-hybridized carbons (Fsp3) is 0.500. The summed E-state index contributed by atoms with van der Waals surface area (Å²) in [4.78, 5) is 14.2. The highest BCUT2D eigenvalue weighted by atomic mass is 32.2. The summed E-state index contributed by atoms with van der Waals surface area (Å²) < 4.78 is 0. The lowest BCUT2D eigenvalue weighted by Gasteiger charge is -2.15. The Morgan fingerprint density at radius 2 is 1.94 bits per heavy atom. The summed E-state index contributed by atoms with van der Waals surface area (Å²) in [6.45, 7) is 0.982. The van der Waals surface area contributed by atoms with Crippen molar-refractivity contribution in [2.24, 2.45) is 0 Å². The second-order valence-corrected chi connectivity index (χ2v) is 6.03. The Bertz CT molecular complexity index is 402. The standard InChI is InChI=1S/C14H17NOS/c16-14-13(8-9-15(14)12-6-7-12)17-10-11-4-2-1-3-5-11/h1-5,12-13H,6-10H2. The van der Waals surface area contributed by atoms with Gasteiger partial charge in [0.2, 0.25) is 5.91 Å². The van der Waals surface area contributed by atoms with E-state index in [0.29, 0.717) is 11.9 Å². The Morgan fingerprint density at radius 1 is 1.18 bits per heavy atom. The van der Waals surface area contributed by atoms with E-state index in [4.69, 9.17) is 0 Å². The molecule has 2 fully saturated rings. The number of benzene rings is 1. The normalized spacial score (nSPS) is 24.4. The molecular weight excluding hydrogens is 230 g/mol.